The van der Waals surface area contributed by atoms with Crippen LogP contribution >= 0.6 is 0 Å². The highest BCUT2D eigenvalue weighted by atomic mass is 16.2. The first-order valence-corrected chi connectivity index (χ1v) is 7.57. The molecule has 1 fully saturated rings. The molecule has 0 saturated carbocycles. The first-order valence-electron chi connectivity index (χ1n) is 7.57. The van der Waals surface area contributed by atoms with Gasteiger partial charge in [0.05, 0.1) is 0 Å². The summed E-state index contributed by atoms with van der Waals surface area (Å²) in [6.45, 7) is 2.49. The Hall–Kier alpha value is -2.11. The molecular formula is C15H21N5O. The first-order chi connectivity index (χ1) is 10.3. The maximum Gasteiger partial charge on any atom is 0.222 e. The van der Waals surface area contributed by atoms with Crippen molar-refractivity contribution < 1.29 is 4.79 Å². The van der Waals surface area contributed by atoms with E-state index >= 15 is 0 Å². The van der Waals surface area contributed by atoms with Crippen molar-refractivity contribution in [3.63, 3.8) is 0 Å². The fourth-order valence-electron chi connectivity index (χ4n) is 2.93. The van der Waals surface area contributed by atoms with E-state index < -0.39 is 0 Å². The van der Waals surface area contributed by atoms with Gasteiger partial charge in [0, 0.05) is 56.3 Å². The van der Waals surface area contributed by atoms with Gasteiger partial charge in [-0.3, -0.25) is 14.6 Å². The lowest BCUT2D eigenvalue weighted by Gasteiger charge is -2.32. The highest BCUT2D eigenvalue weighted by Crippen LogP contribution is 2.25. The number of aromatic amines is 1. The molecule has 0 spiro atoms. The Balaban J connectivity index is 1.48. The van der Waals surface area contributed by atoms with Gasteiger partial charge in [-0.05, 0) is 31.4 Å². The summed E-state index contributed by atoms with van der Waals surface area (Å²) in [5.41, 5.74) is 1.14. The first kappa shape index (κ1) is 13.9. The molecule has 3 heterocycles. The van der Waals surface area contributed by atoms with E-state index in [4.69, 9.17) is 0 Å². The summed E-state index contributed by atoms with van der Waals surface area (Å²) in [5, 5.41) is 11.2. The smallest absolute Gasteiger partial charge is 0.222 e. The molecule has 112 valence electrons. The van der Waals surface area contributed by atoms with Gasteiger partial charge in [-0.1, -0.05) is 0 Å². The minimum atomic E-state index is 0.256. The van der Waals surface area contributed by atoms with Gasteiger partial charge < -0.3 is 4.90 Å². The number of carbonyl (C=O) groups is 1. The fourth-order valence-corrected chi connectivity index (χ4v) is 2.93. The molecule has 1 aliphatic heterocycles. The van der Waals surface area contributed by atoms with Crippen LogP contribution in [-0.4, -0.2) is 43.9 Å². The van der Waals surface area contributed by atoms with Crippen molar-refractivity contribution in [1.82, 2.24) is 24.9 Å². The molecule has 2 aromatic rings. The van der Waals surface area contributed by atoms with Gasteiger partial charge in [-0.15, -0.1) is 0 Å². The predicted molar refractivity (Wildman–Crippen MR) is 78.6 cm³/mol. The zero-order chi connectivity index (χ0) is 14.5. The van der Waals surface area contributed by atoms with Gasteiger partial charge in [0.25, 0.3) is 0 Å². The maximum atomic E-state index is 12.3. The molecule has 1 amide bonds. The van der Waals surface area contributed by atoms with Crippen molar-refractivity contribution in [3.8, 4) is 0 Å². The molecule has 1 aliphatic rings. The normalized spacial score (nSPS) is 18.9. The lowest BCUT2D eigenvalue weighted by Crippen LogP contribution is -2.39. The Labute approximate surface area is 124 Å². The number of aromatic nitrogens is 4. The van der Waals surface area contributed by atoms with E-state index in [0.717, 1.165) is 44.6 Å². The van der Waals surface area contributed by atoms with Gasteiger partial charge in [0.1, 0.15) is 0 Å². The third-order valence-corrected chi connectivity index (χ3v) is 4.07. The lowest BCUT2D eigenvalue weighted by molar-refractivity contribution is -0.132. The van der Waals surface area contributed by atoms with Crippen LogP contribution in [-0.2, 0) is 11.3 Å². The minimum Gasteiger partial charge on any atom is -0.342 e. The number of H-pyrrole nitrogens is 1. The van der Waals surface area contributed by atoms with Crippen LogP contribution in [0.25, 0.3) is 0 Å². The Morgan fingerprint density at radius 1 is 1.43 bits per heavy atom. The topological polar surface area (TPSA) is 66.8 Å². The van der Waals surface area contributed by atoms with Crippen molar-refractivity contribution in [1.29, 1.82) is 0 Å². The summed E-state index contributed by atoms with van der Waals surface area (Å²) >= 11 is 0. The zero-order valence-corrected chi connectivity index (χ0v) is 12.1. The van der Waals surface area contributed by atoms with E-state index in [1.54, 1.807) is 12.4 Å². The number of aryl methyl sites for hydroxylation is 1. The van der Waals surface area contributed by atoms with Gasteiger partial charge in [-0.25, -0.2) is 0 Å². The second-order valence-electron chi connectivity index (χ2n) is 5.56. The van der Waals surface area contributed by atoms with Gasteiger partial charge in [0.15, 0.2) is 0 Å². The van der Waals surface area contributed by atoms with Gasteiger partial charge >= 0.3 is 0 Å². The molecule has 1 saturated heterocycles. The van der Waals surface area contributed by atoms with Crippen LogP contribution in [0.4, 0.5) is 0 Å². The lowest BCUT2D eigenvalue weighted by atomic mass is 9.94. The number of hydrogen-bond acceptors (Lipinski definition) is 3. The van der Waals surface area contributed by atoms with Crippen LogP contribution in [0, 0.1) is 0 Å². The zero-order valence-electron chi connectivity index (χ0n) is 12.1. The number of piperidine rings is 1. The highest BCUT2D eigenvalue weighted by Gasteiger charge is 2.25. The number of amides is 1. The van der Waals surface area contributed by atoms with E-state index in [1.807, 2.05) is 27.9 Å². The van der Waals surface area contributed by atoms with Crippen molar-refractivity contribution in [3.05, 3.63) is 36.4 Å². The Morgan fingerprint density at radius 2 is 2.38 bits per heavy atom. The van der Waals surface area contributed by atoms with E-state index in [-0.39, 0.29) is 5.91 Å². The molecule has 0 aliphatic carbocycles. The molecule has 2 aromatic heterocycles. The molecule has 0 radical (unpaired) electrons. The minimum absolute atomic E-state index is 0.256. The third kappa shape index (κ3) is 3.51. The van der Waals surface area contributed by atoms with Gasteiger partial charge in [-0.2, -0.15) is 10.2 Å². The predicted octanol–water partition coefficient (Wildman–Crippen LogP) is 1.79. The Kier molecular flexibility index (Phi) is 4.33. The summed E-state index contributed by atoms with van der Waals surface area (Å²) in [6.07, 6.45) is 9.09. The number of rotatable bonds is 5. The number of likely N-dealkylation sites (tertiary alicyclic amines) is 1. The van der Waals surface area contributed by atoms with Crippen LogP contribution in [0.15, 0.2) is 30.7 Å². The summed E-state index contributed by atoms with van der Waals surface area (Å²) < 4.78 is 1.87. The molecular weight excluding hydrogens is 266 g/mol. The monoisotopic (exact) mass is 287 g/mol. The molecule has 0 unspecified atom stereocenters. The average molecular weight is 287 g/mol. The second-order valence-corrected chi connectivity index (χ2v) is 5.56. The Bertz CT molecular complexity index is 549. The van der Waals surface area contributed by atoms with Crippen LogP contribution in [0.2, 0.25) is 0 Å². The van der Waals surface area contributed by atoms with E-state index in [1.165, 1.54) is 0 Å². The second kappa shape index (κ2) is 6.56. The van der Waals surface area contributed by atoms with Gasteiger partial charge in [0.2, 0.25) is 5.91 Å². The summed E-state index contributed by atoms with van der Waals surface area (Å²) in [6, 6.07) is 3.91. The van der Waals surface area contributed by atoms with Crippen molar-refractivity contribution in [2.75, 3.05) is 13.1 Å². The number of hydrogen-bond donors (Lipinski definition) is 1. The molecule has 6 heteroatoms. The molecule has 3 rings (SSSR count). The summed E-state index contributed by atoms with van der Waals surface area (Å²) in [5.74, 6) is 0.655. The Morgan fingerprint density at radius 3 is 3.14 bits per heavy atom. The van der Waals surface area contributed by atoms with Crippen molar-refractivity contribution in [2.24, 2.45) is 0 Å². The van der Waals surface area contributed by atoms with Crippen molar-refractivity contribution >= 4 is 5.91 Å². The SMILES string of the molecule is O=C(CCCn1cccn1)N1CCC[C@H](c2ccn[nH]2)C1. The molecule has 6 nitrogen and oxygen atoms in total. The number of nitrogens with one attached hydrogen (secondary N) is 1. The van der Waals surface area contributed by atoms with E-state index in [2.05, 4.69) is 15.3 Å². The average Bonchev–Trinajstić information content (AvgIpc) is 3.21. The highest BCUT2D eigenvalue weighted by molar-refractivity contribution is 5.76. The van der Waals surface area contributed by atoms with Crippen LogP contribution in [0.3, 0.4) is 0 Å². The standard InChI is InChI=1S/C15H21N5O/c21-15(5-2-10-20-11-3-7-17-20)19-9-1-4-13(12-19)14-6-8-16-18-14/h3,6-8,11,13H,1-2,4-5,9-10,12H2,(H,16,18)/t13-/m0/s1. The van der Waals surface area contributed by atoms with Crippen LogP contribution < -0.4 is 0 Å². The quantitative estimate of drug-likeness (QED) is 0.911. The maximum absolute atomic E-state index is 12.3. The number of nitrogens with zero attached hydrogens (tertiary/aromatic N) is 4. The molecule has 1 N–H and O–H groups in total. The fraction of sp³-hybridized carbons (Fsp3) is 0.533. The summed E-state index contributed by atoms with van der Waals surface area (Å²) in [7, 11) is 0. The van der Waals surface area contributed by atoms with E-state index in [0.29, 0.717) is 12.3 Å². The van der Waals surface area contributed by atoms with Crippen LogP contribution in [0.5, 0.6) is 0 Å². The molecule has 21 heavy (non-hydrogen) atoms. The molecule has 1 atom stereocenters. The third-order valence-electron chi connectivity index (χ3n) is 4.07. The number of carbonyl (C=O) groups excluding carboxylic acids is 1. The molecule has 0 aromatic carbocycles. The van der Waals surface area contributed by atoms with Crippen LogP contribution in [0.1, 0.15) is 37.3 Å². The van der Waals surface area contributed by atoms with E-state index in [9.17, 15) is 4.79 Å². The molecule has 0 bridgehead atoms. The van der Waals surface area contributed by atoms with Crippen molar-refractivity contribution in [2.45, 2.75) is 38.1 Å². The summed E-state index contributed by atoms with van der Waals surface area (Å²) in [4.78, 5) is 14.3. The largest absolute Gasteiger partial charge is 0.342 e.